The number of nitrogens with one attached hydrogen (secondary N) is 1. The monoisotopic (exact) mass is 560 g/mol. The lowest BCUT2D eigenvalue weighted by atomic mass is 9.33. The number of hydrogen-bond donors (Lipinski definition) is 2. The zero-order chi connectivity index (χ0) is 29.4. The second-order valence-electron chi connectivity index (χ2n) is 15.9. The third kappa shape index (κ3) is 3.16. The van der Waals surface area contributed by atoms with Crippen molar-refractivity contribution in [2.24, 2.45) is 45.7 Å². The van der Waals surface area contributed by atoms with Crippen molar-refractivity contribution >= 4 is 11.5 Å². The third-order valence-corrected chi connectivity index (χ3v) is 14.8. The summed E-state index contributed by atoms with van der Waals surface area (Å²) in [5.41, 5.74) is 11.1. The fraction of sp³-hybridized carbons (Fsp3) is 0.694. The van der Waals surface area contributed by atoms with E-state index in [-0.39, 0.29) is 38.4 Å². The van der Waals surface area contributed by atoms with Crippen molar-refractivity contribution < 1.29 is 13.9 Å². The smallest absolute Gasteiger partial charge is 0.340 e. The van der Waals surface area contributed by atoms with Gasteiger partial charge in [-0.3, -0.25) is 5.32 Å². The standard InChI is InChI=1S/C36H49FN2O2/c1-21(2)23-12-15-35(38)18-16-31(3)26(29(23)35)10-11-28-32(31,4)17-19-36-33(28,5)14-13-25(34(36,6)39-36)22-8-9-24(27(37)20-22)30(40)41-7/h8-9,13,20,23,26,28-29,39H,1,10-12,14-19,38H2,2-7H3/t23-,26+,28-,29+,31+,32+,33+,34?,35-,36-/m0/s1. The Balaban J connectivity index is 1.25. The predicted octanol–water partition coefficient (Wildman–Crippen LogP) is 7.43. The number of methoxy groups -OCH3 is 1. The van der Waals surface area contributed by atoms with Crippen molar-refractivity contribution in [3.05, 3.63) is 53.4 Å². The van der Waals surface area contributed by atoms with E-state index in [9.17, 15) is 4.79 Å². The lowest BCUT2D eigenvalue weighted by Crippen LogP contribution is -2.68. The highest BCUT2D eigenvalue weighted by Gasteiger charge is 2.81. The number of hydrogen-bond acceptors (Lipinski definition) is 4. The summed E-state index contributed by atoms with van der Waals surface area (Å²) in [6.07, 6.45) is 13.0. The van der Waals surface area contributed by atoms with Crippen LogP contribution in [0.25, 0.3) is 5.57 Å². The number of allylic oxidation sites excluding steroid dienone is 2. The molecule has 1 aromatic rings. The summed E-state index contributed by atoms with van der Waals surface area (Å²) >= 11 is 0. The molecule has 222 valence electrons. The lowest BCUT2D eigenvalue weighted by molar-refractivity contribution is -0.204. The maximum atomic E-state index is 15.0. The van der Waals surface area contributed by atoms with Crippen LogP contribution < -0.4 is 11.1 Å². The summed E-state index contributed by atoms with van der Waals surface area (Å²) in [7, 11) is 1.29. The third-order valence-electron chi connectivity index (χ3n) is 14.8. The average molecular weight is 561 g/mol. The van der Waals surface area contributed by atoms with Crippen LogP contribution in [0.1, 0.15) is 108 Å². The van der Waals surface area contributed by atoms with E-state index >= 15 is 4.39 Å². The summed E-state index contributed by atoms with van der Waals surface area (Å²) < 4.78 is 19.8. The number of halogens is 1. The Morgan fingerprint density at radius 2 is 1.76 bits per heavy atom. The largest absolute Gasteiger partial charge is 0.465 e. The van der Waals surface area contributed by atoms with Gasteiger partial charge >= 0.3 is 5.97 Å². The molecule has 4 nitrogen and oxygen atoms in total. The molecule has 0 bridgehead atoms. The fourth-order valence-corrected chi connectivity index (χ4v) is 12.5. The van der Waals surface area contributed by atoms with Crippen LogP contribution in [0.5, 0.6) is 0 Å². The maximum absolute atomic E-state index is 15.0. The number of fused-ring (bicyclic) bond motifs is 6. The van der Waals surface area contributed by atoms with Crippen molar-refractivity contribution in [2.45, 2.75) is 109 Å². The fourth-order valence-electron chi connectivity index (χ4n) is 12.5. The number of carbonyl (C=O) groups is 1. The summed E-state index contributed by atoms with van der Waals surface area (Å²) in [5, 5.41) is 4.07. The van der Waals surface area contributed by atoms with Crippen LogP contribution in [0.3, 0.4) is 0 Å². The van der Waals surface area contributed by atoms with Gasteiger partial charge in [-0.15, -0.1) is 0 Å². The molecule has 10 atom stereocenters. The predicted molar refractivity (Wildman–Crippen MR) is 162 cm³/mol. The molecule has 5 fully saturated rings. The second-order valence-corrected chi connectivity index (χ2v) is 15.9. The van der Waals surface area contributed by atoms with E-state index in [0.29, 0.717) is 23.7 Å². The van der Waals surface area contributed by atoms with E-state index in [4.69, 9.17) is 10.5 Å². The Kier molecular flexibility index (Phi) is 5.66. The van der Waals surface area contributed by atoms with Crippen molar-refractivity contribution in [1.82, 2.24) is 5.32 Å². The highest BCUT2D eigenvalue weighted by Crippen LogP contribution is 2.79. The number of benzene rings is 1. The minimum absolute atomic E-state index is 0.00877. The first-order valence-electron chi connectivity index (χ1n) is 16.0. The molecule has 0 radical (unpaired) electrons. The van der Waals surface area contributed by atoms with E-state index in [0.717, 1.165) is 31.2 Å². The minimum Gasteiger partial charge on any atom is -0.465 e. The number of esters is 1. The highest BCUT2D eigenvalue weighted by atomic mass is 19.1. The van der Waals surface area contributed by atoms with Crippen molar-refractivity contribution in [2.75, 3.05) is 7.11 Å². The molecule has 1 aromatic carbocycles. The van der Waals surface area contributed by atoms with Crippen molar-refractivity contribution in [3.8, 4) is 0 Å². The van der Waals surface area contributed by atoms with Crippen molar-refractivity contribution in [1.29, 1.82) is 0 Å². The topological polar surface area (TPSA) is 74.3 Å². The molecule has 3 N–H and O–H groups in total. The van der Waals surface area contributed by atoms with Gasteiger partial charge in [0.15, 0.2) is 0 Å². The van der Waals surface area contributed by atoms with Gasteiger partial charge in [-0.25, -0.2) is 9.18 Å². The maximum Gasteiger partial charge on any atom is 0.340 e. The van der Waals surface area contributed by atoms with E-state index in [2.05, 4.69) is 52.6 Å². The summed E-state index contributed by atoms with van der Waals surface area (Å²) in [6, 6.07) is 4.99. The Morgan fingerprint density at radius 3 is 2.44 bits per heavy atom. The molecule has 7 rings (SSSR count). The molecule has 1 saturated heterocycles. The Hall–Kier alpha value is -1.98. The van der Waals surface area contributed by atoms with Gasteiger partial charge in [-0.1, -0.05) is 45.1 Å². The van der Waals surface area contributed by atoms with Gasteiger partial charge in [0, 0.05) is 11.1 Å². The molecule has 4 saturated carbocycles. The Bertz CT molecular complexity index is 1390. The first-order chi connectivity index (χ1) is 19.2. The average Bonchev–Trinajstić information content (AvgIpc) is 3.41. The Morgan fingerprint density at radius 1 is 1.02 bits per heavy atom. The number of ether oxygens (including phenoxy) is 1. The van der Waals surface area contributed by atoms with Crippen molar-refractivity contribution in [3.63, 3.8) is 0 Å². The summed E-state index contributed by atoms with van der Waals surface area (Å²) in [4.78, 5) is 12.0. The van der Waals surface area contributed by atoms with Crippen LogP contribution in [0.4, 0.5) is 4.39 Å². The normalized spacial score (nSPS) is 49.4. The van der Waals surface area contributed by atoms with Crippen LogP contribution in [0, 0.1) is 45.7 Å². The molecule has 0 amide bonds. The van der Waals surface area contributed by atoms with Gasteiger partial charge in [-0.05, 0) is 135 Å². The summed E-state index contributed by atoms with van der Waals surface area (Å²) in [5.74, 6) is 1.25. The molecule has 41 heavy (non-hydrogen) atoms. The number of carbonyl (C=O) groups excluding carboxylic acids is 1. The molecular weight excluding hydrogens is 511 g/mol. The number of rotatable bonds is 3. The minimum atomic E-state index is -0.635. The number of nitrogens with two attached hydrogens (primary N) is 1. The molecule has 1 aliphatic heterocycles. The van der Waals surface area contributed by atoms with Crippen LogP contribution in [-0.4, -0.2) is 29.7 Å². The van der Waals surface area contributed by atoms with Crippen LogP contribution in [-0.2, 0) is 4.74 Å². The SMILES string of the molecule is C=C(C)[C@@H]1CC[C@]2(N)CC[C@]3(C)[C@H](CC[C@H]4[C@@]3(C)CC[C@@]35NC3(C)C(c3ccc(C(=O)OC)c(F)c3)=CC[C@]45C)[C@@H]12. The zero-order valence-corrected chi connectivity index (χ0v) is 26.0. The first-order valence-corrected chi connectivity index (χ1v) is 16.0. The summed E-state index contributed by atoms with van der Waals surface area (Å²) in [6.45, 7) is 16.9. The molecular formula is C36H49FN2O2. The van der Waals surface area contributed by atoms with Crippen LogP contribution in [0.15, 0.2) is 36.4 Å². The molecule has 1 heterocycles. The highest BCUT2D eigenvalue weighted by molar-refractivity contribution is 5.91. The van der Waals surface area contributed by atoms with E-state index in [1.807, 2.05) is 6.07 Å². The Labute approximate surface area is 245 Å². The van der Waals surface area contributed by atoms with E-state index in [1.54, 1.807) is 6.07 Å². The lowest BCUT2D eigenvalue weighted by Gasteiger charge is -2.71. The molecule has 0 aromatic heterocycles. The molecule has 1 unspecified atom stereocenters. The van der Waals surface area contributed by atoms with E-state index in [1.165, 1.54) is 56.4 Å². The molecule has 1 spiro atoms. The van der Waals surface area contributed by atoms with E-state index < -0.39 is 11.8 Å². The van der Waals surface area contributed by atoms with Gasteiger partial charge in [0.1, 0.15) is 5.82 Å². The van der Waals surface area contributed by atoms with Gasteiger partial charge in [0.2, 0.25) is 0 Å². The van der Waals surface area contributed by atoms with Gasteiger partial charge in [0.05, 0.1) is 18.2 Å². The van der Waals surface area contributed by atoms with Gasteiger partial charge in [0.25, 0.3) is 0 Å². The first kappa shape index (κ1) is 27.8. The molecule has 6 aliphatic rings. The molecule has 5 aliphatic carbocycles. The second kappa shape index (κ2) is 8.34. The zero-order valence-electron chi connectivity index (χ0n) is 26.0. The van der Waals surface area contributed by atoms with Gasteiger partial charge < -0.3 is 10.5 Å². The van der Waals surface area contributed by atoms with Crippen LogP contribution >= 0.6 is 0 Å². The van der Waals surface area contributed by atoms with Crippen LogP contribution in [0.2, 0.25) is 0 Å². The molecule has 5 heteroatoms. The van der Waals surface area contributed by atoms with Gasteiger partial charge in [-0.2, -0.15) is 0 Å². The quantitative estimate of drug-likeness (QED) is 0.229.